The van der Waals surface area contributed by atoms with Crippen LogP contribution in [-0.2, 0) is 11.0 Å². The fraction of sp³-hybridized carbons (Fsp3) is 0.480. The number of hydrogen-bond acceptors (Lipinski definition) is 8. The van der Waals surface area contributed by atoms with Crippen molar-refractivity contribution < 1.29 is 23.1 Å². The van der Waals surface area contributed by atoms with E-state index >= 15 is 0 Å². The van der Waals surface area contributed by atoms with Crippen molar-refractivity contribution in [1.29, 1.82) is 0 Å². The highest BCUT2D eigenvalue weighted by Gasteiger charge is 2.40. The van der Waals surface area contributed by atoms with Gasteiger partial charge in [-0.1, -0.05) is 0 Å². The van der Waals surface area contributed by atoms with Crippen LogP contribution in [0.5, 0.6) is 0 Å². The van der Waals surface area contributed by atoms with E-state index in [2.05, 4.69) is 35.6 Å². The minimum Gasteiger partial charge on any atom is -0.412 e. The van der Waals surface area contributed by atoms with Crippen molar-refractivity contribution in [2.24, 2.45) is 0 Å². The molecule has 6 rings (SSSR count). The molecule has 0 bridgehead atoms. The maximum Gasteiger partial charge on any atom is 0.419 e. The molecule has 37 heavy (non-hydrogen) atoms. The van der Waals surface area contributed by atoms with Crippen molar-refractivity contribution in [2.45, 2.75) is 63.5 Å². The lowest BCUT2D eigenvalue weighted by molar-refractivity contribution is -0.137. The summed E-state index contributed by atoms with van der Waals surface area (Å²) in [5.41, 5.74) is 4.12. The Morgan fingerprint density at radius 3 is 2.70 bits per heavy atom. The molecule has 0 radical (unpaired) electrons. The summed E-state index contributed by atoms with van der Waals surface area (Å²) in [6.07, 6.45) is 0.238. The average molecular weight is 516 g/mol. The highest BCUT2D eigenvalue weighted by Crippen LogP contribution is 2.39. The lowest BCUT2D eigenvalue weighted by Crippen LogP contribution is -2.58. The van der Waals surface area contributed by atoms with Gasteiger partial charge >= 0.3 is 6.18 Å². The number of H-pyrrole nitrogens is 1. The number of β-amino-alcohol motifs (C(OH)–C–C–N with tert-alkyl or cyclic N) is 1. The Bertz CT molecular complexity index is 1370. The molecule has 2 aliphatic heterocycles. The lowest BCUT2D eigenvalue weighted by atomic mass is 10.0. The molecule has 0 aromatic carbocycles. The summed E-state index contributed by atoms with van der Waals surface area (Å²) in [6.45, 7) is 5.01. The third-order valence-electron chi connectivity index (χ3n) is 7.52. The SMILES string of the molecule is CC1=C(c2ccc3c(-c4nc(NC5CCCC5N5CC(O)C5)ncc4C(F)(F)F)c[nH]c3n2)C(C)NO1. The number of aliphatic hydroxyl groups is 1. The number of anilines is 1. The van der Waals surface area contributed by atoms with Crippen LogP contribution in [0.1, 0.15) is 44.4 Å². The molecule has 5 heterocycles. The van der Waals surface area contributed by atoms with Gasteiger partial charge in [0.1, 0.15) is 17.0 Å². The summed E-state index contributed by atoms with van der Waals surface area (Å²) < 4.78 is 42.0. The zero-order chi connectivity index (χ0) is 25.9. The van der Waals surface area contributed by atoms with E-state index in [1.807, 2.05) is 13.8 Å². The van der Waals surface area contributed by atoms with Crippen molar-refractivity contribution in [2.75, 3.05) is 18.4 Å². The minimum atomic E-state index is -4.63. The fourth-order valence-corrected chi connectivity index (χ4v) is 5.68. The molecule has 2 fully saturated rings. The van der Waals surface area contributed by atoms with Crippen molar-refractivity contribution in [3.63, 3.8) is 0 Å². The van der Waals surface area contributed by atoms with Gasteiger partial charge in [-0.25, -0.2) is 15.0 Å². The van der Waals surface area contributed by atoms with Crippen molar-refractivity contribution in [3.05, 3.63) is 41.5 Å². The minimum absolute atomic E-state index is 0.00465. The van der Waals surface area contributed by atoms with E-state index in [0.717, 1.165) is 31.0 Å². The van der Waals surface area contributed by atoms with E-state index in [0.29, 0.717) is 41.1 Å². The van der Waals surface area contributed by atoms with Crippen LogP contribution in [0.15, 0.2) is 30.3 Å². The number of hydrogen-bond donors (Lipinski definition) is 4. The number of rotatable bonds is 5. The molecule has 3 aliphatic rings. The Hall–Kier alpha value is -3.22. The van der Waals surface area contributed by atoms with Crippen LogP contribution >= 0.6 is 0 Å². The third-order valence-corrected chi connectivity index (χ3v) is 7.52. The summed E-state index contributed by atoms with van der Waals surface area (Å²) in [4.78, 5) is 23.7. The van der Waals surface area contributed by atoms with Crippen LogP contribution < -0.4 is 10.8 Å². The van der Waals surface area contributed by atoms with E-state index in [4.69, 9.17) is 4.84 Å². The molecule has 0 spiro atoms. The molecular formula is C25H28F3N7O2. The molecule has 3 aromatic heterocycles. The Morgan fingerprint density at radius 2 is 2.00 bits per heavy atom. The standard InChI is InChI=1S/C25H28F3N7O2/c1-12-21(13(2)37-34-12)19-7-6-15-16(8-29-23(15)31-19)22-17(25(26,27)28)9-30-24(33-22)32-18-4-3-5-20(18)35-10-14(36)11-35/h6-9,12,14,18,20,34,36H,3-5,10-11H2,1-2H3,(H,29,31)(H,30,32,33). The normalized spacial score (nSPS) is 25.1. The topological polar surface area (TPSA) is 111 Å². The summed E-state index contributed by atoms with van der Waals surface area (Å²) in [7, 11) is 0. The van der Waals surface area contributed by atoms with Gasteiger partial charge in [-0.3, -0.25) is 4.90 Å². The first-order valence-corrected chi connectivity index (χ1v) is 12.4. The number of allylic oxidation sites excluding steroid dienone is 1. The maximum atomic E-state index is 14.0. The van der Waals surface area contributed by atoms with Gasteiger partial charge in [0.05, 0.1) is 23.5 Å². The molecule has 3 unspecified atom stereocenters. The quantitative estimate of drug-likeness (QED) is 0.407. The second-order valence-electron chi connectivity index (χ2n) is 10.0. The van der Waals surface area contributed by atoms with E-state index in [9.17, 15) is 18.3 Å². The van der Waals surface area contributed by atoms with Crippen molar-refractivity contribution in [1.82, 2.24) is 30.3 Å². The third kappa shape index (κ3) is 4.32. The van der Waals surface area contributed by atoms with Gasteiger partial charge in [0.2, 0.25) is 5.95 Å². The van der Waals surface area contributed by atoms with E-state index < -0.39 is 11.7 Å². The number of pyridine rings is 1. The zero-order valence-corrected chi connectivity index (χ0v) is 20.4. The van der Waals surface area contributed by atoms with E-state index in [1.54, 1.807) is 12.1 Å². The van der Waals surface area contributed by atoms with Crippen LogP contribution in [0.2, 0.25) is 0 Å². The Labute approximate surface area is 211 Å². The molecular weight excluding hydrogens is 487 g/mol. The molecule has 4 N–H and O–H groups in total. The number of likely N-dealkylation sites (tertiary alicyclic amines) is 1. The molecule has 1 saturated heterocycles. The summed E-state index contributed by atoms with van der Waals surface area (Å²) in [6, 6.07) is 3.68. The highest BCUT2D eigenvalue weighted by atomic mass is 19.4. The molecule has 1 saturated carbocycles. The van der Waals surface area contributed by atoms with Crippen molar-refractivity contribution in [3.8, 4) is 11.3 Å². The largest absolute Gasteiger partial charge is 0.419 e. The smallest absolute Gasteiger partial charge is 0.412 e. The molecule has 3 aromatic rings. The number of alkyl halides is 3. The predicted octanol–water partition coefficient (Wildman–Crippen LogP) is 3.70. The lowest BCUT2D eigenvalue weighted by Gasteiger charge is -2.42. The maximum absolute atomic E-state index is 14.0. The number of nitrogens with one attached hydrogen (secondary N) is 3. The van der Waals surface area contributed by atoms with Crippen molar-refractivity contribution >= 4 is 22.6 Å². The Balaban J connectivity index is 1.35. The molecule has 1 aliphatic carbocycles. The molecule has 9 nitrogen and oxygen atoms in total. The first-order valence-electron chi connectivity index (χ1n) is 12.4. The van der Waals surface area contributed by atoms with Gasteiger partial charge in [0.15, 0.2) is 0 Å². The second kappa shape index (κ2) is 8.96. The number of nitrogens with zero attached hydrogens (tertiary/aromatic N) is 4. The second-order valence-corrected chi connectivity index (χ2v) is 10.0. The monoisotopic (exact) mass is 515 g/mol. The van der Waals surface area contributed by atoms with Crippen LogP contribution in [0.4, 0.5) is 19.1 Å². The molecule has 3 atom stereocenters. The summed E-state index contributed by atoms with van der Waals surface area (Å²) in [5.74, 6) is 0.860. The molecule has 196 valence electrons. The summed E-state index contributed by atoms with van der Waals surface area (Å²) in [5, 5.41) is 13.5. The van der Waals surface area contributed by atoms with Gasteiger partial charge in [-0.15, -0.1) is 5.48 Å². The fourth-order valence-electron chi connectivity index (χ4n) is 5.68. The Kier molecular flexibility index (Phi) is 5.85. The van der Waals surface area contributed by atoms with E-state index in [-0.39, 0.29) is 35.9 Å². The van der Waals surface area contributed by atoms with Crippen LogP contribution in [0, 0.1) is 0 Å². The van der Waals surface area contributed by atoms with Gasteiger partial charge in [-0.2, -0.15) is 13.2 Å². The predicted molar refractivity (Wildman–Crippen MR) is 131 cm³/mol. The van der Waals surface area contributed by atoms with E-state index in [1.165, 1.54) is 6.20 Å². The van der Waals surface area contributed by atoms with Gasteiger partial charge in [0, 0.05) is 54.1 Å². The van der Waals surface area contributed by atoms with Crippen LogP contribution in [0.3, 0.4) is 0 Å². The van der Waals surface area contributed by atoms with Crippen LogP contribution in [0.25, 0.3) is 27.9 Å². The number of halogens is 3. The number of hydroxylamine groups is 1. The number of aromatic nitrogens is 4. The van der Waals surface area contributed by atoms with Gasteiger partial charge < -0.3 is 20.2 Å². The molecule has 0 amide bonds. The van der Waals surface area contributed by atoms with Gasteiger partial charge in [0.25, 0.3) is 0 Å². The number of aromatic amines is 1. The van der Waals surface area contributed by atoms with Gasteiger partial charge in [-0.05, 0) is 45.2 Å². The number of fused-ring (bicyclic) bond motifs is 1. The van der Waals surface area contributed by atoms with Crippen LogP contribution in [-0.4, -0.2) is 67.3 Å². The average Bonchev–Trinajstić information content (AvgIpc) is 3.54. The summed E-state index contributed by atoms with van der Waals surface area (Å²) >= 11 is 0. The zero-order valence-electron chi connectivity index (χ0n) is 20.4. The first-order chi connectivity index (χ1) is 17.7. The number of aliphatic hydroxyl groups excluding tert-OH is 1. The highest BCUT2D eigenvalue weighted by molar-refractivity contribution is 5.94. The Morgan fingerprint density at radius 1 is 1.19 bits per heavy atom. The molecule has 12 heteroatoms. The first kappa shape index (κ1) is 24.1.